The van der Waals surface area contributed by atoms with E-state index >= 15 is 0 Å². The number of pyridine rings is 2. The number of carbonyl (C=O) groups excluding carboxylic acids is 2. The monoisotopic (exact) mass is 612 g/mol. The fourth-order valence-corrected chi connectivity index (χ4v) is 6.19. The van der Waals surface area contributed by atoms with Crippen LogP contribution in [0.4, 0.5) is 11.4 Å². The minimum atomic E-state index is 0. The van der Waals surface area contributed by atoms with E-state index in [9.17, 15) is 9.59 Å². The Kier molecular flexibility index (Phi) is 12.9. The number of benzene rings is 2. The molecule has 7 heteroatoms. The maximum atomic E-state index is 12.6. The van der Waals surface area contributed by atoms with Crippen LogP contribution >= 0.6 is 0 Å². The largest absolute Gasteiger partial charge is 1.00 e. The van der Waals surface area contributed by atoms with Crippen LogP contribution in [0, 0.1) is 43.9 Å². The summed E-state index contributed by atoms with van der Waals surface area (Å²) in [7, 11) is 0. The number of amides is 2. The van der Waals surface area contributed by atoms with Crippen molar-refractivity contribution in [1.82, 2.24) is 9.97 Å². The van der Waals surface area contributed by atoms with Gasteiger partial charge < -0.3 is 17.1 Å². The Hall–Kier alpha value is -2.68. The van der Waals surface area contributed by atoms with Gasteiger partial charge >= 0.3 is 51.4 Å². The van der Waals surface area contributed by atoms with Gasteiger partial charge in [0.2, 0.25) is 12.3 Å². The number of rotatable bonds is 6. The fraction of sp³-hybridized carbons (Fsp3) is 0.324. The standard InChI is InChI=1S/C20H22N2O.C13H12N2O.C4H7.K/c1-12-6-7-15(11-16(12)18-5-3-4-8-21-18)22-20(23)19-14-9-13(2)17(19)10-14;1-10-5-6-11(15-9-16)8-12(10)13-4-2-3-7-14-13;1-2-4-3-1;/h3-8,11,13-14,17,19H,9-10H2,1-2H3,(H,22,23);2-9H,1H3,(H,15,16);1H,2-4H2;/q;;-1;+1. The Labute approximate surface area is 304 Å². The van der Waals surface area contributed by atoms with E-state index in [1.807, 2.05) is 73.7 Å². The van der Waals surface area contributed by atoms with Gasteiger partial charge in [-0.15, -0.1) is 6.42 Å². The number of nitrogens with one attached hydrogen (secondary N) is 2. The van der Waals surface area contributed by atoms with Crippen LogP contribution in [0.5, 0.6) is 0 Å². The van der Waals surface area contributed by atoms with Crippen molar-refractivity contribution >= 4 is 23.7 Å². The number of aryl methyl sites for hydroxylation is 2. The number of aromatic nitrogens is 2. The zero-order chi connectivity index (χ0) is 30.2. The van der Waals surface area contributed by atoms with E-state index in [2.05, 4.69) is 46.9 Å². The van der Waals surface area contributed by atoms with Crippen molar-refractivity contribution in [3.8, 4) is 22.5 Å². The Bertz CT molecular complexity index is 1520. The summed E-state index contributed by atoms with van der Waals surface area (Å²) >= 11 is 0. The van der Waals surface area contributed by atoms with Gasteiger partial charge in [-0.1, -0.05) is 31.2 Å². The zero-order valence-corrected chi connectivity index (χ0v) is 29.4. The van der Waals surface area contributed by atoms with Crippen molar-refractivity contribution < 1.29 is 61.0 Å². The number of nitrogens with zero attached hydrogens (tertiary/aromatic N) is 2. The van der Waals surface area contributed by atoms with E-state index in [1.54, 1.807) is 12.4 Å². The van der Waals surface area contributed by atoms with Crippen molar-refractivity contribution in [3.05, 3.63) is 103 Å². The smallest absolute Gasteiger partial charge is 0.329 e. The molecule has 8 rings (SSSR count). The summed E-state index contributed by atoms with van der Waals surface area (Å²) in [4.78, 5) is 31.7. The molecule has 4 aliphatic carbocycles. The minimum absolute atomic E-state index is 0. The van der Waals surface area contributed by atoms with E-state index in [0.717, 1.165) is 39.5 Å². The Morgan fingerprint density at radius 1 is 0.841 bits per heavy atom. The summed E-state index contributed by atoms with van der Waals surface area (Å²) in [6.45, 7) is 6.38. The summed E-state index contributed by atoms with van der Waals surface area (Å²) in [5.74, 6) is 2.34. The Morgan fingerprint density at radius 3 is 1.82 bits per heavy atom. The molecular weight excluding hydrogens is 572 g/mol. The molecule has 0 saturated heterocycles. The van der Waals surface area contributed by atoms with E-state index in [-0.39, 0.29) is 63.2 Å². The van der Waals surface area contributed by atoms with E-state index in [4.69, 9.17) is 0 Å². The third-order valence-electron chi connectivity index (χ3n) is 8.92. The molecule has 0 spiro atoms. The van der Waals surface area contributed by atoms with Crippen LogP contribution < -0.4 is 62.0 Å². The first kappa shape index (κ1) is 34.2. The second-order valence-electron chi connectivity index (χ2n) is 11.9. The molecule has 2 N–H and O–H groups in total. The normalized spacial score (nSPS) is 20.5. The first-order valence-corrected chi connectivity index (χ1v) is 15.3. The number of fused-ring (bicyclic) bond motifs is 1. The van der Waals surface area contributed by atoms with E-state index < -0.39 is 0 Å². The number of hydrogen-bond acceptors (Lipinski definition) is 4. The summed E-state index contributed by atoms with van der Waals surface area (Å²) in [5.41, 5.74) is 7.92. The van der Waals surface area contributed by atoms with Gasteiger partial charge in [-0.25, -0.2) is 0 Å². The molecule has 4 aliphatic rings. The molecule has 222 valence electrons. The zero-order valence-electron chi connectivity index (χ0n) is 26.3. The van der Waals surface area contributed by atoms with Crippen LogP contribution in [-0.4, -0.2) is 22.3 Å². The van der Waals surface area contributed by atoms with Gasteiger partial charge in [0.15, 0.2) is 0 Å². The first-order chi connectivity index (χ1) is 20.9. The molecule has 2 amide bonds. The molecule has 0 aliphatic heterocycles. The maximum Gasteiger partial charge on any atom is 1.00 e. The minimum Gasteiger partial charge on any atom is -0.329 e. The molecule has 4 unspecified atom stereocenters. The molecular formula is C37H41KN4O2. The van der Waals surface area contributed by atoms with Crippen molar-refractivity contribution in [1.29, 1.82) is 0 Å². The van der Waals surface area contributed by atoms with Crippen LogP contribution in [0.25, 0.3) is 22.5 Å². The van der Waals surface area contributed by atoms with Gasteiger partial charge in [-0.3, -0.25) is 19.6 Å². The molecule has 6 nitrogen and oxygen atoms in total. The van der Waals surface area contributed by atoms with Crippen LogP contribution in [-0.2, 0) is 9.59 Å². The average Bonchev–Trinajstić information content (AvgIpc) is 3.52. The Morgan fingerprint density at radius 2 is 1.39 bits per heavy atom. The Balaban J connectivity index is 0.000000183. The molecule has 4 aromatic rings. The maximum absolute atomic E-state index is 12.6. The number of anilines is 2. The van der Waals surface area contributed by atoms with Gasteiger partial charge in [0.1, 0.15) is 0 Å². The summed E-state index contributed by atoms with van der Waals surface area (Å²) in [6.07, 6.45) is 13.2. The predicted molar refractivity (Wildman–Crippen MR) is 174 cm³/mol. The third kappa shape index (κ3) is 8.52. The molecule has 2 aromatic heterocycles. The summed E-state index contributed by atoms with van der Waals surface area (Å²) < 4.78 is 0. The number of carbonyl (C=O) groups is 2. The van der Waals surface area contributed by atoms with Gasteiger partial charge in [-0.05, 0) is 104 Å². The van der Waals surface area contributed by atoms with Gasteiger partial charge in [0.05, 0.1) is 11.4 Å². The van der Waals surface area contributed by atoms with E-state index in [0.29, 0.717) is 24.2 Å². The van der Waals surface area contributed by atoms with Crippen molar-refractivity contribution in [2.24, 2.45) is 23.7 Å². The van der Waals surface area contributed by atoms with Crippen LogP contribution in [0.15, 0.2) is 85.2 Å². The summed E-state index contributed by atoms with van der Waals surface area (Å²) in [6, 6.07) is 23.5. The van der Waals surface area contributed by atoms with Crippen molar-refractivity contribution in [2.45, 2.75) is 52.9 Å². The molecule has 4 atom stereocenters. The predicted octanol–water partition coefficient (Wildman–Crippen LogP) is 5.29. The molecule has 2 aromatic carbocycles. The molecule has 2 heterocycles. The van der Waals surface area contributed by atoms with Gasteiger partial charge in [-0.2, -0.15) is 12.8 Å². The average molecular weight is 613 g/mol. The molecule has 4 saturated carbocycles. The molecule has 4 fully saturated rings. The topological polar surface area (TPSA) is 84.0 Å². The third-order valence-corrected chi connectivity index (χ3v) is 8.92. The van der Waals surface area contributed by atoms with E-state index in [1.165, 1.54) is 37.7 Å². The summed E-state index contributed by atoms with van der Waals surface area (Å²) in [5, 5.41) is 5.77. The molecule has 2 bridgehead atoms. The van der Waals surface area contributed by atoms with Crippen LogP contribution in [0.1, 0.15) is 50.2 Å². The second-order valence-corrected chi connectivity index (χ2v) is 11.9. The SMILES string of the molecule is Cc1ccc(NC(=O)C2C3CC(C)C2C3)cc1-c1ccccn1.Cc1ccc(NC=O)cc1-c1ccccn1.[CH-]1CCC1.[K+]. The second kappa shape index (κ2) is 16.6. The van der Waals surface area contributed by atoms with Gasteiger partial charge in [0.25, 0.3) is 0 Å². The molecule has 44 heavy (non-hydrogen) atoms. The quantitative estimate of drug-likeness (QED) is 0.176. The first-order valence-electron chi connectivity index (χ1n) is 15.3. The van der Waals surface area contributed by atoms with Crippen LogP contribution in [0.3, 0.4) is 0 Å². The number of hydrogen-bond donors (Lipinski definition) is 2. The molecule has 0 radical (unpaired) electrons. The fourth-order valence-electron chi connectivity index (χ4n) is 6.19. The van der Waals surface area contributed by atoms with Gasteiger partial charge in [0, 0.05) is 40.8 Å². The van der Waals surface area contributed by atoms with Crippen molar-refractivity contribution in [3.63, 3.8) is 0 Å². The van der Waals surface area contributed by atoms with Crippen LogP contribution in [0.2, 0.25) is 0 Å². The van der Waals surface area contributed by atoms with Crippen molar-refractivity contribution in [2.75, 3.05) is 10.6 Å².